The largest absolute Gasteiger partial charge is 0.481 e. The van der Waals surface area contributed by atoms with Crippen LogP contribution in [0.3, 0.4) is 0 Å². The van der Waals surface area contributed by atoms with Crippen LogP contribution in [0.2, 0.25) is 0 Å². The third-order valence-electron chi connectivity index (χ3n) is 2.95. The van der Waals surface area contributed by atoms with Crippen molar-refractivity contribution in [2.45, 2.75) is 61.5 Å². The van der Waals surface area contributed by atoms with Gasteiger partial charge in [0.05, 0.1) is 19.3 Å². The van der Waals surface area contributed by atoms with E-state index in [2.05, 4.69) is 0 Å². The molecule has 0 heterocycles. The molecule has 26 heavy (non-hydrogen) atoms. The number of carboxylic acids is 1. The summed E-state index contributed by atoms with van der Waals surface area (Å²) in [6.45, 7) is 0. The fourth-order valence-electron chi connectivity index (χ4n) is 1.61. The molecule has 0 rings (SSSR count). The van der Waals surface area contributed by atoms with Crippen molar-refractivity contribution in [3.8, 4) is 0 Å². The lowest BCUT2D eigenvalue weighted by Gasteiger charge is -2.35. The number of alkyl halides is 13. The maximum absolute atomic E-state index is 13.2. The zero-order valence-electron chi connectivity index (χ0n) is 12.1. The molecule has 0 spiro atoms. The van der Waals surface area contributed by atoms with Crippen molar-refractivity contribution in [1.29, 1.82) is 0 Å². The van der Waals surface area contributed by atoms with E-state index in [4.69, 9.17) is 5.11 Å². The van der Waals surface area contributed by atoms with Crippen molar-refractivity contribution >= 4 is 5.97 Å². The van der Waals surface area contributed by atoms with Crippen molar-refractivity contribution in [3.63, 3.8) is 0 Å². The first-order valence-electron chi connectivity index (χ1n) is 6.26. The van der Waals surface area contributed by atoms with E-state index in [-0.39, 0.29) is 0 Å². The summed E-state index contributed by atoms with van der Waals surface area (Å²) in [7, 11) is 0. The van der Waals surface area contributed by atoms with Crippen LogP contribution in [0.1, 0.15) is 25.7 Å². The molecule has 0 aromatic heterocycles. The summed E-state index contributed by atoms with van der Waals surface area (Å²) in [5.74, 6) is -33.1. The molecule has 0 aromatic rings. The van der Waals surface area contributed by atoms with Gasteiger partial charge in [-0.25, -0.2) is 8.78 Å². The predicted molar refractivity (Wildman–Crippen MR) is 56.9 cm³/mol. The van der Waals surface area contributed by atoms with Crippen molar-refractivity contribution in [3.05, 3.63) is 0 Å². The van der Waals surface area contributed by atoms with Gasteiger partial charge in [-0.3, -0.25) is 4.79 Å². The van der Waals surface area contributed by atoms with Crippen molar-refractivity contribution < 1.29 is 67.0 Å². The van der Waals surface area contributed by atoms with E-state index >= 15 is 0 Å². The van der Waals surface area contributed by atoms with Gasteiger partial charge in [0.2, 0.25) is 0 Å². The summed E-state index contributed by atoms with van der Waals surface area (Å²) in [6, 6.07) is 0. The minimum atomic E-state index is -6.65. The highest BCUT2D eigenvalue weighted by atomic mass is 19.4. The van der Waals surface area contributed by atoms with Crippen LogP contribution in [0.5, 0.6) is 0 Å². The molecule has 0 aliphatic rings. The second kappa shape index (κ2) is 6.94. The first-order chi connectivity index (χ1) is 11.1. The van der Waals surface area contributed by atoms with E-state index in [0.717, 1.165) is 0 Å². The Balaban J connectivity index is 5.51. The van der Waals surface area contributed by atoms with E-state index in [0.29, 0.717) is 0 Å². The standard InChI is InChI=1S/C11H9F13O2/c12-6(13,4-9(18,19)11(22,23)24)3-8(16,17)10(20,21)7(14,15)2-1-5(25)26/h1-4H2,(H,25,26). The molecule has 0 saturated carbocycles. The van der Waals surface area contributed by atoms with Gasteiger partial charge < -0.3 is 5.11 Å². The summed E-state index contributed by atoms with van der Waals surface area (Å²) in [5, 5.41) is 8.06. The minimum absolute atomic E-state index is 1.78. The quantitative estimate of drug-likeness (QED) is 0.510. The second-order valence-electron chi connectivity index (χ2n) is 5.29. The third-order valence-corrected chi connectivity index (χ3v) is 2.95. The molecule has 0 amide bonds. The number of hydrogen-bond acceptors (Lipinski definition) is 1. The average molecular weight is 420 g/mol. The molecule has 0 aliphatic carbocycles. The fourth-order valence-corrected chi connectivity index (χ4v) is 1.61. The summed E-state index contributed by atoms with van der Waals surface area (Å²) in [6.07, 6.45) is -18.2. The number of hydrogen-bond donors (Lipinski definition) is 1. The van der Waals surface area contributed by atoms with Gasteiger partial charge in [0.1, 0.15) is 0 Å². The maximum Gasteiger partial charge on any atom is 0.453 e. The lowest BCUT2D eigenvalue weighted by molar-refractivity contribution is -0.334. The van der Waals surface area contributed by atoms with E-state index in [1.165, 1.54) is 0 Å². The van der Waals surface area contributed by atoms with Crippen LogP contribution in [0.4, 0.5) is 57.1 Å². The number of rotatable bonds is 9. The van der Waals surface area contributed by atoms with Crippen LogP contribution in [-0.4, -0.2) is 46.9 Å². The molecular weight excluding hydrogens is 411 g/mol. The van der Waals surface area contributed by atoms with Crippen LogP contribution in [0.15, 0.2) is 0 Å². The van der Waals surface area contributed by atoms with Gasteiger partial charge >= 0.3 is 35.8 Å². The number of aliphatic carboxylic acids is 1. The first kappa shape index (κ1) is 24.6. The minimum Gasteiger partial charge on any atom is -0.481 e. The Morgan fingerprint density at radius 1 is 0.654 bits per heavy atom. The monoisotopic (exact) mass is 420 g/mol. The van der Waals surface area contributed by atoms with E-state index in [1.807, 2.05) is 0 Å². The highest BCUT2D eigenvalue weighted by Gasteiger charge is 2.73. The third kappa shape index (κ3) is 5.53. The predicted octanol–water partition coefficient (Wildman–Crippen LogP) is 5.37. The summed E-state index contributed by atoms with van der Waals surface area (Å²) in [4.78, 5) is 10.0. The highest BCUT2D eigenvalue weighted by Crippen LogP contribution is 2.53. The zero-order chi connectivity index (χ0) is 21.4. The number of carboxylic acid groups (broad SMARTS) is 1. The van der Waals surface area contributed by atoms with Gasteiger partial charge in [0, 0.05) is 6.42 Å². The molecule has 1 N–H and O–H groups in total. The van der Waals surface area contributed by atoms with Crippen LogP contribution >= 0.6 is 0 Å². The van der Waals surface area contributed by atoms with Crippen LogP contribution in [0.25, 0.3) is 0 Å². The van der Waals surface area contributed by atoms with Crippen molar-refractivity contribution in [1.82, 2.24) is 0 Å². The van der Waals surface area contributed by atoms with Crippen LogP contribution in [-0.2, 0) is 4.79 Å². The molecule has 0 fully saturated rings. The molecule has 0 saturated heterocycles. The van der Waals surface area contributed by atoms with Gasteiger partial charge in [0.25, 0.3) is 5.92 Å². The fraction of sp³-hybridized carbons (Fsp3) is 0.909. The zero-order valence-corrected chi connectivity index (χ0v) is 12.1. The van der Waals surface area contributed by atoms with Crippen molar-refractivity contribution in [2.24, 2.45) is 0 Å². The number of carbonyl (C=O) groups is 1. The summed E-state index contributed by atoms with van der Waals surface area (Å²) < 4.78 is 165. The molecule has 0 bridgehead atoms. The average Bonchev–Trinajstić information content (AvgIpc) is 2.31. The molecule has 0 unspecified atom stereocenters. The smallest absolute Gasteiger partial charge is 0.453 e. The van der Waals surface area contributed by atoms with E-state index in [9.17, 15) is 61.9 Å². The molecular formula is C11H9F13O2. The van der Waals surface area contributed by atoms with Crippen LogP contribution < -0.4 is 0 Å². The van der Waals surface area contributed by atoms with Gasteiger partial charge in [-0.2, -0.15) is 48.3 Å². The molecule has 0 aliphatic heterocycles. The Bertz CT molecular complexity index is 509. The van der Waals surface area contributed by atoms with Gasteiger partial charge in [-0.05, 0) is 0 Å². The van der Waals surface area contributed by atoms with E-state index in [1.54, 1.807) is 0 Å². The Hall–Kier alpha value is -1.44. The maximum atomic E-state index is 13.2. The second-order valence-corrected chi connectivity index (χ2v) is 5.29. The first-order valence-corrected chi connectivity index (χ1v) is 6.26. The summed E-state index contributed by atoms with van der Waals surface area (Å²) in [5.41, 5.74) is 0. The Morgan fingerprint density at radius 3 is 1.38 bits per heavy atom. The van der Waals surface area contributed by atoms with Gasteiger partial charge in [-0.1, -0.05) is 0 Å². The van der Waals surface area contributed by atoms with Crippen LogP contribution in [0, 0.1) is 0 Å². The molecule has 0 aromatic carbocycles. The number of halogens is 13. The van der Waals surface area contributed by atoms with Gasteiger partial charge in [-0.15, -0.1) is 0 Å². The molecule has 0 atom stereocenters. The lowest BCUT2D eigenvalue weighted by atomic mass is 9.93. The topological polar surface area (TPSA) is 37.3 Å². The lowest BCUT2D eigenvalue weighted by Crippen LogP contribution is -2.56. The molecule has 15 heteroatoms. The summed E-state index contributed by atoms with van der Waals surface area (Å²) >= 11 is 0. The molecule has 156 valence electrons. The Labute approximate surface area is 135 Å². The highest BCUT2D eigenvalue weighted by molar-refractivity contribution is 5.66. The van der Waals surface area contributed by atoms with Gasteiger partial charge in [0.15, 0.2) is 0 Å². The van der Waals surface area contributed by atoms with Crippen molar-refractivity contribution in [2.75, 3.05) is 0 Å². The normalized spacial score (nSPS) is 15.3. The Kier molecular flexibility index (Phi) is 6.56. The SMILES string of the molecule is O=C(O)CCC(F)(F)C(F)(F)C(F)(F)CC(F)(F)CC(F)(F)C(F)(F)F. The van der Waals surface area contributed by atoms with E-state index < -0.39 is 67.4 Å². The molecule has 0 radical (unpaired) electrons. The Morgan fingerprint density at radius 2 is 1.04 bits per heavy atom. The molecule has 2 nitrogen and oxygen atoms in total.